The highest BCUT2D eigenvalue weighted by Gasteiger charge is 2.46. The summed E-state index contributed by atoms with van der Waals surface area (Å²) in [4.78, 5) is 53.9. The molecule has 3 amide bonds. The minimum absolute atomic E-state index is 0.000667. The van der Waals surface area contributed by atoms with Crippen molar-refractivity contribution < 1.29 is 28.3 Å². The van der Waals surface area contributed by atoms with Gasteiger partial charge in [0.2, 0.25) is 11.8 Å². The fourth-order valence-corrected chi connectivity index (χ4v) is 4.99. The van der Waals surface area contributed by atoms with Crippen LogP contribution in [0.15, 0.2) is 0 Å². The second-order valence-electron chi connectivity index (χ2n) is 13.5. The van der Waals surface area contributed by atoms with E-state index in [1.807, 2.05) is 20.8 Å². The molecule has 1 fully saturated rings. The summed E-state index contributed by atoms with van der Waals surface area (Å²) in [6, 6.07) is -2.38. The van der Waals surface area contributed by atoms with E-state index in [9.17, 15) is 19.2 Å². The first-order valence-corrected chi connectivity index (χ1v) is 15.6. The monoisotopic (exact) mass is 527 g/mol. The zero-order chi connectivity index (χ0) is 28.4. The highest BCUT2D eigenvalue weighted by molar-refractivity contribution is 6.74. The van der Waals surface area contributed by atoms with Crippen LogP contribution in [-0.2, 0) is 23.5 Å². The van der Waals surface area contributed by atoms with E-state index >= 15 is 0 Å². The standard InChI is InChI=1S/C26H49N3O6Si/c1-17(28(11)23(33)34-25(5,6)7)21(31)27-20(24(2,3)4)22(32)29-15-19(14-18(29)16-30)35-36(12,13)26(8,9)10/h16-20H,14-15H2,1-13H3,(H,27,31)/t17-,18-,19+,20+/m0/s1. The number of hydrogen-bond donors (Lipinski definition) is 1. The molecule has 36 heavy (non-hydrogen) atoms. The number of ether oxygens (including phenoxy) is 1. The van der Waals surface area contributed by atoms with Crippen LogP contribution in [0.25, 0.3) is 0 Å². The molecule has 0 bridgehead atoms. The summed E-state index contributed by atoms with van der Waals surface area (Å²) in [5, 5.41) is 2.84. The number of likely N-dealkylation sites (tertiary alicyclic amines) is 1. The van der Waals surface area contributed by atoms with E-state index in [2.05, 4.69) is 39.2 Å². The fourth-order valence-electron chi connectivity index (χ4n) is 3.63. The molecule has 10 heteroatoms. The molecule has 1 heterocycles. The number of carbonyl (C=O) groups excluding carboxylic acids is 4. The van der Waals surface area contributed by atoms with E-state index in [4.69, 9.17) is 9.16 Å². The van der Waals surface area contributed by atoms with Crippen LogP contribution in [-0.4, -0.2) is 85.7 Å². The first-order chi connectivity index (χ1) is 16.0. The van der Waals surface area contributed by atoms with Crippen molar-refractivity contribution in [1.29, 1.82) is 0 Å². The molecular formula is C26H49N3O6Si. The Balaban J connectivity index is 3.07. The number of amides is 3. The van der Waals surface area contributed by atoms with Crippen molar-refractivity contribution in [3.05, 3.63) is 0 Å². The predicted octanol–water partition coefficient (Wildman–Crippen LogP) is 3.96. The highest BCUT2D eigenvalue weighted by Crippen LogP contribution is 2.39. The van der Waals surface area contributed by atoms with Gasteiger partial charge in [-0.15, -0.1) is 0 Å². The Hall–Kier alpha value is -1.94. The molecule has 0 radical (unpaired) electrons. The second-order valence-corrected chi connectivity index (χ2v) is 18.3. The van der Waals surface area contributed by atoms with E-state index in [-0.39, 0.29) is 17.0 Å². The van der Waals surface area contributed by atoms with Crippen LogP contribution in [0.1, 0.15) is 75.7 Å². The predicted molar refractivity (Wildman–Crippen MR) is 143 cm³/mol. The molecule has 0 aromatic carbocycles. The van der Waals surface area contributed by atoms with Crippen molar-refractivity contribution in [2.24, 2.45) is 5.41 Å². The van der Waals surface area contributed by atoms with E-state index in [0.29, 0.717) is 13.0 Å². The summed E-state index contributed by atoms with van der Waals surface area (Å²) in [5.74, 6) is -0.811. The zero-order valence-corrected chi connectivity index (χ0v) is 25.6. The Kier molecular flexibility index (Phi) is 9.99. The van der Waals surface area contributed by atoms with Crippen LogP contribution < -0.4 is 5.32 Å². The minimum atomic E-state index is -2.10. The van der Waals surface area contributed by atoms with Gasteiger partial charge in [0.25, 0.3) is 0 Å². The molecule has 0 unspecified atom stereocenters. The molecule has 1 aliphatic rings. The van der Waals surface area contributed by atoms with Crippen LogP contribution in [0.3, 0.4) is 0 Å². The number of aldehydes is 1. The topological polar surface area (TPSA) is 105 Å². The van der Waals surface area contributed by atoms with Gasteiger partial charge in [-0.25, -0.2) is 4.79 Å². The van der Waals surface area contributed by atoms with Gasteiger partial charge in [-0.1, -0.05) is 41.5 Å². The highest BCUT2D eigenvalue weighted by atomic mass is 28.4. The van der Waals surface area contributed by atoms with Gasteiger partial charge in [-0.2, -0.15) is 0 Å². The van der Waals surface area contributed by atoms with Crippen molar-refractivity contribution in [3.63, 3.8) is 0 Å². The summed E-state index contributed by atoms with van der Waals surface area (Å²) in [6.07, 6.45) is 0.353. The normalized spacial score (nSPS) is 21.0. The van der Waals surface area contributed by atoms with Crippen molar-refractivity contribution in [2.75, 3.05) is 13.6 Å². The fraction of sp³-hybridized carbons (Fsp3) is 0.846. The van der Waals surface area contributed by atoms with E-state index in [1.54, 1.807) is 27.7 Å². The molecular weight excluding hydrogens is 478 g/mol. The number of carbonyl (C=O) groups is 4. The van der Waals surface area contributed by atoms with Crippen molar-refractivity contribution in [3.8, 4) is 0 Å². The first kappa shape index (κ1) is 32.1. The van der Waals surface area contributed by atoms with Gasteiger partial charge >= 0.3 is 6.09 Å². The Morgan fingerprint density at radius 3 is 2.00 bits per heavy atom. The Bertz CT molecular complexity index is 825. The molecule has 0 aromatic rings. The molecule has 4 atom stereocenters. The van der Waals surface area contributed by atoms with Crippen LogP contribution in [0.5, 0.6) is 0 Å². The van der Waals surface area contributed by atoms with Gasteiger partial charge in [0.15, 0.2) is 8.32 Å². The third-order valence-corrected chi connectivity index (χ3v) is 11.6. The van der Waals surface area contributed by atoms with Crippen LogP contribution >= 0.6 is 0 Å². The van der Waals surface area contributed by atoms with Crippen molar-refractivity contribution in [2.45, 2.75) is 124 Å². The third kappa shape index (κ3) is 8.29. The van der Waals surface area contributed by atoms with E-state index in [1.165, 1.54) is 16.8 Å². The maximum atomic E-state index is 13.7. The molecule has 1 N–H and O–H groups in total. The maximum Gasteiger partial charge on any atom is 0.410 e. The third-order valence-electron chi connectivity index (χ3n) is 7.05. The molecule has 1 saturated heterocycles. The first-order valence-electron chi connectivity index (χ1n) is 12.7. The summed E-state index contributed by atoms with van der Waals surface area (Å²) in [7, 11) is -0.611. The average Bonchev–Trinajstić information content (AvgIpc) is 3.09. The molecule has 0 aromatic heterocycles. The Morgan fingerprint density at radius 1 is 1.06 bits per heavy atom. The Morgan fingerprint density at radius 2 is 1.58 bits per heavy atom. The number of hydrogen-bond acceptors (Lipinski definition) is 6. The van der Waals surface area contributed by atoms with Crippen LogP contribution in [0, 0.1) is 5.41 Å². The molecule has 208 valence electrons. The number of nitrogens with zero attached hydrogens (tertiary/aromatic N) is 2. The number of nitrogens with one attached hydrogen (secondary N) is 1. The van der Waals surface area contributed by atoms with Gasteiger partial charge in [0.05, 0.1) is 12.1 Å². The lowest BCUT2D eigenvalue weighted by atomic mass is 9.85. The van der Waals surface area contributed by atoms with Crippen LogP contribution in [0.2, 0.25) is 18.1 Å². The molecule has 0 spiro atoms. The lowest BCUT2D eigenvalue weighted by molar-refractivity contribution is -0.142. The van der Waals surface area contributed by atoms with Gasteiger partial charge < -0.3 is 24.2 Å². The zero-order valence-electron chi connectivity index (χ0n) is 24.6. The summed E-state index contributed by atoms with van der Waals surface area (Å²) in [5.41, 5.74) is -1.34. The number of rotatable bonds is 7. The van der Waals surface area contributed by atoms with Gasteiger partial charge in [-0.3, -0.25) is 14.5 Å². The SMILES string of the molecule is C[C@@H](C(=O)N[C@H](C(=O)N1C[C@H](O[Si](C)(C)C(C)(C)C)C[C@H]1C=O)C(C)(C)C)N(C)C(=O)OC(C)(C)C. The maximum absolute atomic E-state index is 13.7. The quantitative estimate of drug-likeness (QED) is 0.397. The molecule has 0 aliphatic carbocycles. The van der Waals surface area contributed by atoms with Gasteiger partial charge in [0.1, 0.15) is 24.0 Å². The summed E-state index contributed by atoms with van der Waals surface area (Å²) < 4.78 is 11.9. The van der Waals surface area contributed by atoms with Crippen LogP contribution in [0.4, 0.5) is 4.79 Å². The Labute approximate surface area is 218 Å². The largest absolute Gasteiger partial charge is 0.444 e. The van der Waals surface area contributed by atoms with Crippen molar-refractivity contribution in [1.82, 2.24) is 15.1 Å². The lowest BCUT2D eigenvalue weighted by Crippen LogP contribution is -2.59. The molecule has 9 nitrogen and oxygen atoms in total. The molecule has 0 saturated carbocycles. The van der Waals surface area contributed by atoms with Crippen molar-refractivity contribution >= 4 is 32.5 Å². The van der Waals surface area contributed by atoms with Gasteiger partial charge in [0, 0.05) is 20.0 Å². The van der Waals surface area contributed by atoms with E-state index in [0.717, 1.165) is 6.29 Å². The molecule has 1 aliphatic heterocycles. The smallest absolute Gasteiger partial charge is 0.410 e. The second kappa shape index (κ2) is 11.2. The lowest BCUT2D eigenvalue weighted by Gasteiger charge is -2.38. The minimum Gasteiger partial charge on any atom is -0.444 e. The molecule has 1 rings (SSSR count). The summed E-state index contributed by atoms with van der Waals surface area (Å²) >= 11 is 0. The number of likely N-dealkylation sites (N-methyl/N-ethyl adjacent to an activating group) is 1. The van der Waals surface area contributed by atoms with Gasteiger partial charge in [-0.05, 0) is 51.2 Å². The van der Waals surface area contributed by atoms with E-state index < -0.39 is 49.5 Å². The summed E-state index contributed by atoms with van der Waals surface area (Å²) in [6.45, 7) is 23.4. The average molecular weight is 528 g/mol.